The minimum Gasteiger partial charge on any atom is -0.497 e. The normalized spacial score (nSPS) is 21.3. The number of benzene rings is 2. The monoisotopic (exact) mass is 291 g/mol. The molecule has 2 aliphatic heterocycles. The van der Waals surface area contributed by atoms with Crippen molar-refractivity contribution in [1.82, 2.24) is 0 Å². The molecular formula is C19H17NO2. The van der Waals surface area contributed by atoms with Crippen LogP contribution in [0.5, 0.6) is 11.5 Å². The molecule has 110 valence electrons. The molecule has 0 bridgehead atoms. The summed E-state index contributed by atoms with van der Waals surface area (Å²) in [5.74, 6) is 1.69. The van der Waals surface area contributed by atoms with Gasteiger partial charge in [0.25, 0.3) is 0 Å². The summed E-state index contributed by atoms with van der Waals surface area (Å²) in [6.45, 7) is 0. The van der Waals surface area contributed by atoms with E-state index in [2.05, 4.69) is 48.4 Å². The van der Waals surface area contributed by atoms with Gasteiger partial charge in [-0.2, -0.15) is 0 Å². The SMILES string of the molecule is COc1ccc2c(c1)C=CC1(C=Cc3ccccc3N1C)O2. The fraction of sp³-hybridized carbons (Fsp3) is 0.158. The number of nitrogens with zero attached hydrogens (tertiary/aromatic N) is 1. The summed E-state index contributed by atoms with van der Waals surface area (Å²) in [6, 6.07) is 14.2. The second-order valence-electron chi connectivity index (χ2n) is 5.54. The number of fused-ring (bicyclic) bond motifs is 2. The van der Waals surface area contributed by atoms with E-state index in [1.807, 2.05) is 30.3 Å². The van der Waals surface area contributed by atoms with Gasteiger partial charge in [-0.1, -0.05) is 24.3 Å². The number of hydrogen-bond acceptors (Lipinski definition) is 3. The molecule has 0 amide bonds. The molecular weight excluding hydrogens is 274 g/mol. The third-order valence-corrected chi connectivity index (χ3v) is 4.32. The van der Waals surface area contributed by atoms with E-state index in [4.69, 9.17) is 9.47 Å². The lowest BCUT2D eigenvalue weighted by atomic mass is 9.97. The maximum Gasteiger partial charge on any atom is 0.222 e. The summed E-state index contributed by atoms with van der Waals surface area (Å²) in [5, 5.41) is 0. The summed E-state index contributed by atoms with van der Waals surface area (Å²) in [6.07, 6.45) is 8.39. The fourth-order valence-electron chi connectivity index (χ4n) is 3.01. The Bertz CT molecular complexity index is 794. The van der Waals surface area contributed by atoms with Crippen molar-refractivity contribution < 1.29 is 9.47 Å². The van der Waals surface area contributed by atoms with Crippen molar-refractivity contribution in [2.45, 2.75) is 5.72 Å². The van der Waals surface area contributed by atoms with Gasteiger partial charge in [0, 0.05) is 18.3 Å². The van der Waals surface area contributed by atoms with E-state index in [1.54, 1.807) is 7.11 Å². The van der Waals surface area contributed by atoms with Crippen molar-refractivity contribution in [3.05, 3.63) is 65.7 Å². The molecule has 0 saturated heterocycles. The zero-order chi connectivity index (χ0) is 15.2. The average molecular weight is 291 g/mol. The molecule has 22 heavy (non-hydrogen) atoms. The highest BCUT2D eigenvalue weighted by molar-refractivity contribution is 5.76. The first kappa shape index (κ1) is 13.0. The molecule has 0 N–H and O–H groups in total. The number of para-hydroxylation sites is 1. The molecule has 1 atom stereocenters. The Morgan fingerprint density at radius 1 is 1.00 bits per heavy atom. The number of hydrogen-bond donors (Lipinski definition) is 0. The number of rotatable bonds is 1. The van der Waals surface area contributed by atoms with Crippen LogP contribution in [-0.4, -0.2) is 19.9 Å². The van der Waals surface area contributed by atoms with Crippen molar-refractivity contribution in [3.8, 4) is 11.5 Å². The molecule has 2 aromatic rings. The van der Waals surface area contributed by atoms with Gasteiger partial charge in [-0.15, -0.1) is 0 Å². The molecule has 1 spiro atoms. The summed E-state index contributed by atoms with van der Waals surface area (Å²) in [7, 11) is 3.73. The average Bonchev–Trinajstić information content (AvgIpc) is 2.58. The van der Waals surface area contributed by atoms with Gasteiger partial charge in [0.1, 0.15) is 11.5 Å². The summed E-state index contributed by atoms with van der Waals surface area (Å²) >= 11 is 0. The van der Waals surface area contributed by atoms with Crippen molar-refractivity contribution >= 4 is 17.8 Å². The Morgan fingerprint density at radius 2 is 1.77 bits per heavy atom. The zero-order valence-corrected chi connectivity index (χ0v) is 12.6. The molecule has 2 heterocycles. The number of anilines is 1. The molecule has 2 aliphatic rings. The fourth-order valence-corrected chi connectivity index (χ4v) is 3.01. The van der Waals surface area contributed by atoms with Crippen LogP contribution in [-0.2, 0) is 0 Å². The van der Waals surface area contributed by atoms with Gasteiger partial charge in [0.05, 0.1) is 7.11 Å². The van der Waals surface area contributed by atoms with Crippen molar-refractivity contribution in [2.24, 2.45) is 0 Å². The van der Waals surface area contributed by atoms with Gasteiger partial charge in [-0.25, -0.2) is 0 Å². The van der Waals surface area contributed by atoms with Gasteiger partial charge < -0.3 is 14.4 Å². The maximum atomic E-state index is 6.33. The molecule has 0 aliphatic carbocycles. The molecule has 2 aromatic carbocycles. The predicted octanol–water partition coefficient (Wildman–Crippen LogP) is 3.96. The molecule has 1 unspecified atom stereocenters. The van der Waals surface area contributed by atoms with Crippen LogP contribution in [0.25, 0.3) is 12.2 Å². The lowest BCUT2D eigenvalue weighted by Gasteiger charge is -2.43. The van der Waals surface area contributed by atoms with E-state index in [9.17, 15) is 0 Å². The second kappa shape index (κ2) is 4.67. The summed E-state index contributed by atoms with van der Waals surface area (Å²) < 4.78 is 11.6. The highest BCUT2D eigenvalue weighted by Crippen LogP contribution is 2.40. The first-order chi connectivity index (χ1) is 10.7. The first-order valence-corrected chi connectivity index (χ1v) is 7.30. The topological polar surface area (TPSA) is 21.7 Å². The van der Waals surface area contributed by atoms with Gasteiger partial charge in [0.2, 0.25) is 5.72 Å². The standard InChI is InChI=1S/C19H17NO2/c1-20-17-6-4-3-5-14(17)9-11-19(20)12-10-15-13-16(21-2)7-8-18(15)22-19/h3-13H,1-2H3. The molecule has 4 rings (SSSR count). The van der Waals surface area contributed by atoms with Crippen LogP contribution >= 0.6 is 0 Å². The van der Waals surface area contributed by atoms with Crippen LogP contribution in [0.15, 0.2) is 54.6 Å². The van der Waals surface area contributed by atoms with Crippen molar-refractivity contribution in [2.75, 3.05) is 19.1 Å². The smallest absolute Gasteiger partial charge is 0.222 e. The molecule has 3 nitrogen and oxygen atoms in total. The Balaban J connectivity index is 1.77. The van der Waals surface area contributed by atoms with Crippen molar-refractivity contribution in [3.63, 3.8) is 0 Å². The summed E-state index contributed by atoms with van der Waals surface area (Å²) in [4.78, 5) is 2.16. The number of methoxy groups -OCH3 is 1. The van der Waals surface area contributed by atoms with E-state index in [0.29, 0.717) is 0 Å². The van der Waals surface area contributed by atoms with Crippen LogP contribution < -0.4 is 14.4 Å². The Kier molecular flexibility index (Phi) is 2.76. The number of likely N-dealkylation sites (N-methyl/N-ethyl adjacent to an activating group) is 1. The predicted molar refractivity (Wildman–Crippen MR) is 89.3 cm³/mol. The third kappa shape index (κ3) is 1.82. The van der Waals surface area contributed by atoms with Crippen LogP contribution in [0.2, 0.25) is 0 Å². The molecule has 0 saturated carbocycles. The van der Waals surface area contributed by atoms with E-state index >= 15 is 0 Å². The molecule has 0 fully saturated rings. The van der Waals surface area contributed by atoms with Crippen LogP contribution in [0.4, 0.5) is 5.69 Å². The summed E-state index contributed by atoms with van der Waals surface area (Å²) in [5.41, 5.74) is 2.82. The molecule has 0 radical (unpaired) electrons. The zero-order valence-electron chi connectivity index (χ0n) is 12.6. The molecule has 0 aromatic heterocycles. The molecule has 3 heteroatoms. The first-order valence-electron chi connectivity index (χ1n) is 7.30. The van der Waals surface area contributed by atoms with Crippen LogP contribution in [0.3, 0.4) is 0 Å². The Hall–Kier alpha value is -2.68. The lowest BCUT2D eigenvalue weighted by Crippen LogP contribution is -2.51. The van der Waals surface area contributed by atoms with E-state index in [0.717, 1.165) is 22.7 Å². The van der Waals surface area contributed by atoms with E-state index < -0.39 is 5.72 Å². The Labute approximate surface area is 130 Å². The second-order valence-corrected chi connectivity index (χ2v) is 5.54. The largest absolute Gasteiger partial charge is 0.497 e. The minimum absolute atomic E-state index is 0.573. The lowest BCUT2D eigenvalue weighted by molar-refractivity contribution is 0.168. The van der Waals surface area contributed by atoms with Gasteiger partial charge in [0.15, 0.2) is 0 Å². The minimum atomic E-state index is -0.573. The van der Waals surface area contributed by atoms with Crippen LogP contribution in [0.1, 0.15) is 11.1 Å². The third-order valence-electron chi connectivity index (χ3n) is 4.32. The van der Waals surface area contributed by atoms with Gasteiger partial charge in [-0.3, -0.25) is 0 Å². The van der Waals surface area contributed by atoms with Crippen molar-refractivity contribution in [1.29, 1.82) is 0 Å². The van der Waals surface area contributed by atoms with Gasteiger partial charge in [-0.05, 0) is 48.1 Å². The van der Waals surface area contributed by atoms with E-state index in [1.165, 1.54) is 5.56 Å². The maximum absolute atomic E-state index is 6.33. The number of ether oxygens (including phenoxy) is 2. The van der Waals surface area contributed by atoms with Gasteiger partial charge >= 0.3 is 0 Å². The Morgan fingerprint density at radius 3 is 2.59 bits per heavy atom. The van der Waals surface area contributed by atoms with E-state index in [-0.39, 0.29) is 0 Å². The highest BCUT2D eigenvalue weighted by atomic mass is 16.5. The highest BCUT2D eigenvalue weighted by Gasteiger charge is 2.37. The van der Waals surface area contributed by atoms with Crippen LogP contribution in [0, 0.1) is 0 Å². The quantitative estimate of drug-likeness (QED) is 0.794.